The van der Waals surface area contributed by atoms with Gasteiger partial charge in [0.1, 0.15) is 6.04 Å². The number of aromatic nitrogens is 1. The van der Waals surface area contributed by atoms with E-state index in [0.29, 0.717) is 12.1 Å². The summed E-state index contributed by atoms with van der Waals surface area (Å²) in [4.78, 5) is 39.3. The number of hydrogen-bond donors (Lipinski definition) is 2. The van der Waals surface area contributed by atoms with E-state index in [9.17, 15) is 14.4 Å². The van der Waals surface area contributed by atoms with Gasteiger partial charge in [0.2, 0.25) is 5.91 Å². The minimum atomic E-state index is -0.685. The number of esters is 1. The Hall–Kier alpha value is -2.48. The van der Waals surface area contributed by atoms with Crippen molar-refractivity contribution >= 4 is 39.3 Å². The lowest BCUT2D eigenvalue weighted by atomic mass is 10.2. The van der Waals surface area contributed by atoms with Crippen LogP contribution in [-0.4, -0.2) is 42.0 Å². The topological polar surface area (TPSA) is 97.4 Å². The molecule has 1 aromatic carbocycles. The summed E-state index contributed by atoms with van der Waals surface area (Å²) in [5, 5.41) is 5.05. The third kappa shape index (κ3) is 4.49. The van der Waals surface area contributed by atoms with Crippen molar-refractivity contribution in [3.05, 3.63) is 29.3 Å². The number of nitrogens with zero attached hydrogens (tertiary/aromatic N) is 1. The first-order valence-corrected chi connectivity index (χ1v) is 7.96. The standard InChI is InChI=1S/C15H17N3O4S/c1-3-16-14(20)9(2)18-13(19)7-22-15(21)10-4-5-11-12(6-10)23-8-17-11/h4-6,8-9H,3,7H2,1-2H3,(H,16,20)(H,18,19)/t9-/m0/s1. The van der Waals surface area contributed by atoms with Gasteiger partial charge in [0.05, 0.1) is 21.3 Å². The minimum Gasteiger partial charge on any atom is -0.452 e. The lowest BCUT2D eigenvalue weighted by Gasteiger charge is -2.13. The van der Waals surface area contributed by atoms with E-state index >= 15 is 0 Å². The van der Waals surface area contributed by atoms with Crippen LogP contribution in [0.1, 0.15) is 24.2 Å². The highest BCUT2D eigenvalue weighted by molar-refractivity contribution is 7.16. The molecule has 2 rings (SSSR count). The molecular formula is C15H17N3O4S. The van der Waals surface area contributed by atoms with Crippen molar-refractivity contribution in [3.8, 4) is 0 Å². The zero-order valence-electron chi connectivity index (χ0n) is 12.8. The molecule has 7 nitrogen and oxygen atoms in total. The Morgan fingerprint density at radius 2 is 2.13 bits per heavy atom. The van der Waals surface area contributed by atoms with E-state index in [1.165, 1.54) is 11.3 Å². The van der Waals surface area contributed by atoms with Gasteiger partial charge in [-0.05, 0) is 32.0 Å². The first-order chi connectivity index (χ1) is 11.0. The molecule has 0 aliphatic carbocycles. The lowest BCUT2D eigenvalue weighted by molar-refractivity contribution is -0.130. The summed E-state index contributed by atoms with van der Waals surface area (Å²) in [5.74, 6) is -1.42. The van der Waals surface area contributed by atoms with Crippen molar-refractivity contribution in [3.63, 3.8) is 0 Å². The fourth-order valence-electron chi connectivity index (χ4n) is 1.87. The van der Waals surface area contributed by atoms with Gasteiger partial charge < -0.3 is 15.4 Å². The van der Waals surface area contributed by atoms with Crippen LogP contribution >= 0.6 is 11.3 Å². The zero-order valence-corrected chi connectivity index (χ0v) is 13.6. The molecule has 2 N–H and O–H groups in total. The van der Waals surface area contributed by atoms with Crippen LogP contribution in [0.25, 0.3) is 10.2 Å². The summed E-state index contributed by atoms with van der Waals surface area (Å²) < 4.78 is 5.83. The number of hydrogen-bond acceptors (Lipinski definition) is 6. The van der Waals surface area contributed by atoms with Crippen LogP contribution in [0.4, 0.5) is 0 Å². The number of amides is 2. The quantitative estimate of drug-likeness (QED) is 0.770. The number of carbonyl (C=O) groups excluding carboxylic acids is 3. The number of benzene rings is 1. The normalized spacial score (nSPS) is 11.7. The summed E-state index contributed by atoms with van der Waals surface area (Å²) >= 11 is 1.42. The van der Waals surface area contributed by atoms with Crippen LogP contribution in [0.5, 0.6) is 0 Å². The summed E-state index contributed by atoms with van der Waals surface area (Å²) in [6.45, 7) is 3.38. The molecule has 1 heterocycles. The number of fused-ring (bicyclic) bond motifs is 1. The van der Waals surface area contributed by atoms with Gasteiger partial charge in [-0.2, -0.15) is 0 Å². The first-order valence-electron chi connectivity index (χ1n) is 7.08. The highest BCUT2D eigenvalue weighted by atomic mass is 32.1. The van der Waals surface area contributed by atoms with Crippen molar-refractivity contribution < 1.29 is 19.1 Å². The molecule has 0 unspecified atom stereocenters. The van der Waals surface area contributed by atoms with Crippen molar-refractivity contribution in [2.45, 2.75) is 19.9 Å². The molecule has 2 amide bonds. The van der Waals surface area contributed by atoms with E-state index in [0.717, 1.165) is 10.2 Å². The van der Waals surface area contributed by atoms with Gasteiger partial charge in [-0.25, -0.2) is 9.78 Å². The molecule has 0 aliphatic heterocycles. The van der Waals surface area contributed by atoms with E-state index in [2.05, 4.69) is 15.6 Å². The Labute approximate surface area is 137 Å². The Morgan fingerprint density at radius 3 is 2.87 bits per heavy atom. The summed E-state index contributed by atoms with van der Waals surface area (Å²) in [5.41, 5.74) is 2.85. The highest BCUT2D eigenvalue weighted by Gasteiger charge is 2.16. The largest absolute Gasteiger partial charge is 0.452 e. The molecule has 23 heavy (non-hydrogen) atoms. The number of carbonyl (C=O) groups is 3. The molecule has 0 saturated carbocycles. The van der Waals surface area contributed by atoms with Crippen LogP contribution in [0.15, 0.2) is 23.7 Å². The molecule has 0 spiro atoms. The second kappa shape index (κ2) is 7.68. The molecule has 1 aromatic heterocycles. The molecule has 122 valence electrons. The van der Waals surface area contributed by atoms with E-state index in [4.69, 9.17) is 4.74 Å². The fraction of sp³-hybridized carbons (Fsp3) is 0.333. The SMILES string of the molecule is CCNC(=O)[C@H](C)NC(=O)COC(=O)c1ccc2ncsc2c1. The Balaban J connectivity index is 1.86. The monoisotopic (exact) mass is 335 g/mol. The van der Waals surface area contributed by atoms with E-state index in [1.54, 1.807) is 37.6 Å². The van der Waals surface area contributed by atoms with Crippen LogP contribution in [0, 0.1) is 0 Å². The van der Waals surface area contributed by atoms with Gasteiger partial charge >= 0.3 is 5.97 Å². The summed E-state index contributed by atoms with van der Waals surface area (Å²) in [7, 11) is 0. The van der Waals surface area contributed by atoms with E-state index in [-0.39, 0.29) is 5.91 Å². The third-order valence-electron chi connectivity index (χ3n) is 3.02. The average molecular weight is 335 g/mol. The minimum absolute atomic E-state index is 0.289. The summed E-state index contributed by atoms with van der Waals surface area (Å²) in [6, 6.07) is 4.30. The van der Waals surface area contributed by atoms with Crippen LogP contribution in [-0.2, 0) is 14.3 Å². The van der Waals surface area contributed by atoms with E-state index in [1.807, 2.05) is 0 Å². The van der Waals surface area contributed by atoms with Gasteiger partial charge in [-0.3, -0.25) is 9.59 Å². The number of ether oxygens (including phenoxy) is 1. The van der Waals surface area contributed by atoms with Crippen molar-refractivity contribution in [1.29, 1.82) is 0 Å². The molecule has 8 heteroatoms. The Bertz CT molecular complexity index is 728. The molecule has 0 bridgehead atoms. The smallest absolute Gasteiger partial charge is 0.338 e. The molecule has 0 fully saturated rings. The maximum absolute atomic E-state index is 11.9. The Morgan fingerprint density at radius 1 is 1.35 bits per heavy atom. The van der Waals surface area contributed by atoms with Crippen LogP contribution in [0.2, 0.25) is 0 Å². The van der Waals surface area contributed by atoms with Crippen molar-refractivity contribution in [2.75, 3.05) is 13.2 Å². The van der Waals surface area contributed by atoms with Gasteiger partial charge in [0.25, 0.3) is 5.91 Å². The maximum Gasteiger partial charge on any atom is 0.338 e. The van der Waals surface area contributed by atoms with Crippen molar-refractivity contribution in [2.24, 2.45) is 0 Å². The summed E-state index contributed by atoms with van der Waals surface area (Å²) in [6.07, 6.45) is 0. The number of thiazole rings is 1. The average Bonchev–Trinajstić information content (AvgIpc) is 3.00. The predicted octanol–water partition coefficient (Wildman–Crippen LogP) is 1.09. The fourth-order valence-corrected chi connectivity index (χ4v) is 2.59. The van der Waals surface area contributed by atoms with Gasteiger partial charge in [-0.15, -0.1) is 11.3 Å². The maximum atomic E-state index is 11.9. The van der Waals surface area contributed by atoms with Crippen LogP contribution in [0.3, 0.4) is 0 Å². The Kier molecular flexibility index (Phi) is 5.64. The molecule has 0 radical (unpaired) electrons. The van der Waals surface area contributed by atoms with Gasteiger partial charge in [0, 0.05) is 6.54 Å². The number of nitrogens with one attached hydrogen (secondary N) is 2. The molecule has 2 aromatic rings. The van der Waals surface area contributed by atoms with E-state index < -0.39 is 24.5 Å². The van der Waals surface area contributed by atoms with Gasteiger partial charge in [0.15, 0.2) is 6.61 Å². The number of rotatable bonds is 6. The first kappa shape index (κ1) is 16.9. The lowest BCUT2D eigenvalue weighted by Crippen LogP contribution is -2.46. The second-order valence-corrected chi connectivity index (χ2v) is 5.68. The molecule has 0 saturated heterocycles. The van der Waals surface area contributed by atoms with Gasteiger partial charge in [-0.1, -0.05) is 0 Å². The number of likely N-dealkylation sites (N-methyl/N-ethyl adjacent to an activating group) is 1. The van der Waals surface area contributed by atoms with Crippen molar-refractivity contribution in [1.82, 2.24) is 15.6 Å². The zero-order chi connectivity index (χ0) is 16.8. The second-order valence-electron chi connectivity index (χ2n) is 4.79. The molecular weight excluding hydrogens is 318 g/mol. The third-order valence-corrected chi connectivity index (χ3v) is 3.81. The molecule has 1 atom stereocenters. The molecule has 0 aliphatic rings. The highest BCUT2D eigenvalue weighted by Crippen LogP contribution is 2.19. The predicted molar refractivity (Wildman–Crippen MR) is 86.2 cm³/mol. The van der Waals surface area contributed by atoms with Crippen LogP contribution < -0.4 is 10.6 Å².